The number of benzene rings is 1. The summed E-state index contributed by atoms with van der Waals surface area (Å²) in [5, 5.41) is 2.20. The average Bonchev–Trinajstić information content (AvgIpc) is 2.68. The second-order valence-corrected chi connectivity index (χ2v) is 4.60. The van der Waals surface area contributed by atoms with Gasteiger partial charge in [-0.2, -0.15) is 0 Å². The van der Waals surface area contributed by atoms with Crippen molar-refractivity contribution in [3.8, 4) is 0 Å². The van der Waals surface area contributed by atoms with Crippen LogP contribution in [0.1, 0.15) is 0 Å². The predicted molar refractivity (Wildman–Crippen MR) is 68.6 cm³/mol. The molecule has 0 fully saturated rings. The molecule has 0 spiro atoms. The Hall–Kier alpha value is -1.86. The van der Waals surface area contributed by atoms with Crippen LogP contribution in [0.3, 0.4) is 0 Å². The number of hydrazine groups is 2. The van der Waals surface area contributed by atoms with Gasteiger partial charge in [0, 0.05) is 14.1 Å². The number of para-hydroxylation sites is 1. The van der Waals surface area contributed by atoms with Crippen LogP contribution in [0.25, 0.3) is 10.2 Å². The smallest absolute Gasteiger partial charge is 0.272 e. The number of rotatable bonds is 3. The zero-order valence-corrected chi connectivity index (χ0v) is 10.3. The second-order valence-electron chi connectivity index (χ2n) is 3.57. The summed E-state index contributed by atoms with van der Waals surface area (Å²) < 4.78 is 1.07. The molecule has 0 unspecified atom stereocenters. The molecule has 0 atom stereocenters. The zero-order valence-electron chi connectivity index (χ0n) is 9.52. The topological polar surface area (TPSA) is 69.3 Å². The lowest BCUT2D eigenvalue weighted by molar-refractivity contribution is 0.214. The summed E-state index contributed by atoms with van der Waals surface area (Å²) in [6.07, 6.45) is 0. The van der Waals surface area contributed by atoms with Crippen molar-refractivity contribution in [3.05, 3.63) is 24.3 Å². The van der Waals surface area contributed by atoms with Crippen LogP contribution in [0.2, 0.25) is 0 Å². The molecule has 1 heterocycles. The number of fused-ring (bicyclic) bond motifs is 1. The number of thiazole rings is 1. The van der Waals surface area contributed by atoms with Crippen molar-refractivity contribution in [3.63, 3.8) is 0 Å². The van der Waals surface area contributed by atoms with Gasteiger partial charge in [0.2, 0.25) is 5.13 Å². The van der Waals surface area contributed by atoms with Crippen LogP contribution in [0.4, 0.5) is 9.93 Å². The van der Waals surface area contributed by atoms with Gasteiger partial charge in [0.15, 0.2) is 0 Å². The summed E-state index contributed by atoms with van der Waals surface area (Å²) in [7, 11) is 3.47. The van der Waals surface area contributed by atoms with E-state index < -0.39 is 0 Å². The first-order valence-electron chi connectivity index (χ1n) is 5.00. The van der Waals surface area contributed by atoms with Gasteiger partial charge in [0.05, 0.1) is 10.2 Å². The van der Waals surface area contributed by atoms with E-state index in [-0.39, 0.29) is 6.03 Å². The van der Waals surface area contributed by atoms with Crippen molar-refractivity contribution in [2.24, 2.45) is 0 Å². The fourth-order valence-electron chi connectivity index (χ4n) is 1.27. The number of amides is 2. The lowest BCUT2D eigenvalue weighted by Gasteiger charge is -2.12. The number of urea groups is 1. The van der Waals surface area contributed by atoms with E-state index in [0.29, 0.717) is 5.13 Å². The molecule has 1 aromatic heterocycles. The number of nitrogens with zero attached hydrogens (tertiary/aromatic N) is 2. The van der Waals surface area contributed by atoms with Crippen LogP contribution in [0, 0.1) is 0 Å². The molecule has 7 heteroatoms. The summed E-state index contributed by atoms with van der Waals surface area (Å²) in [4.78, 5) is 15.6. The van der Waals surface area contributed by atoms with Gasteiger partial charge in [-0.05, 0) is 12.1 Å². The highest BCUT2D eigenvalue weighted by Crippen LogP contribution is 2.24. The molecular formula is C10H13N5OS. The van der Waals surface area contributed by atoms with E-state index in [1.165, 1.54) is 11.3 Å². The van der Waals surface area contributed by atoms with Gasteiger partial charge in [0.25, 0.3) is 0 Å². The Kier molecular flexibility index (Phi) is 3.40. The molecule has 0 radical (unpaired) electrons. The molecule has 1 aromatic carbocycles. The Labute approximate surface area is 103 Å². The minimum Gasteiger partial charge on any atom is -0.272 e. The van der Waals surface area contributed by atoms with Crippen molar-refractivity contribution in [1.82, 2.24) is 20.8 Å². The van der Waals surface area contributed by atoms with Crippen molar-refractivity contribution in [2.45, 2.75) is 0 Å². The maximum absolute atomic E-state index is 11.3. The summed E-state index contributed by atoms with van der Waals surface area (Å²) in [6, 6.07) is 7.46. The van der Waals surface area contributed by atoms with Gasteiger partial charge in [-0.3, -0.25) is 10.9 Å². The number of hydrogen-bond acceptors (Lipinski definition) is 5. The first kappa shape index (κ1) is 11.6. The minimum absolute atomic E-state index is 0.339. The SMILES string of the molecule is CN(C)NC(=O)NNc1nc2ccccc2s1. The fourth-order valence-corrected chi connectivity index (χ4v) is 2.09. The quantitative estimate of drug-likeness (QED) is 0.721. The maximum atomic E-state index is 11.3. The third kappa shape index (κ3) is 3.05. The number of nitrogens with one attached hydrogen (secondary N) is 3. The van der Waals surface area contributed by atoms with Crippen LogP contribution in [-0.2, 0) is 0 Å². The first-order chi connectivity index (χ1) is 8.15. The van der Waals surface area contributed by atoms with Crippen molar-refractivity contribution < 1.29 is 4.79 Å². The lowest BCUT2D eigenvalue weighted by atomic mass is 10.3. The summed E-state index contributed by atoms with van der Waals surface area (Å²) >= 11 is 1.48. The summed E-state index contributed by atoms with van der Waals surface area (Å²) in [6.45, 7) is 0. The van der Waals surface area contributed by atoms with Gasteiger partial charge in [-0.15, -0.1) is 0 Å². The number of aromatic nitrogens is 1. The van der Waals surface area contributed by atoms with E-state index in [9.17, 15) is 4.79 Å². The molecule has 0 saturated heterocycles. The van der Waals surface area contributed by atoms with E-state index in [1.54, 1.807) is 19.1 Å². The highest BCUT2D eigenvalue weighted by molar-refractivity contribution is 7.22. The van der Waals surface area contributed by atoms with Crippen LogP contribution in [-0.4, -0.2) is 30.1 Å². The number of carbonyl (C=O) groups is 1. The molecule has 2 rings (SSSR count). The zero-order chi connectivity index (χ0) is 12.3. The van der Waals surface area contributed by atoms with E-state index >= 15 is 0 Å². The normalized spacial score (nSPS) is 10.5. The fraction of sp³-hybridized carbons (Fsp3) is 0.200. The van der Waals surface area contributed by atoms with Gasteiger partial charge in [-0.1, -0.05) is 23.5 Å². The van der Waals surface area contributed by atoms with E-state index in [0.717, 1.165) is 10.2 Å². The predicted octanol–water partition coefficient (Wildman–Crippen LogP) is 1.40. The Morgan fingerprint density at radius 2 is 2.12 bits per heavy atom. The highest BCUT2D eigenvalue weighted by Gasteiger charge is 2.04. The first-order valence-corrected chi connectivity index (χ1v) is 5.82. The molecule has 0 bridgehead atoms. The van der Waals surface area contributed by atoms with Crippen LogP contribution in [0.5, 0.6) is 0 Å². The van der Waals surface area contributed by atoms with E-state index in [2.05, 4.69) is 21.3 Å². The van der Waals surface area contributed by atoms with Crippen molar-refractivity contribution in [1.29, 1.82) is 0 Å². The van der Waals surface area contributed by atoms with E-state index in [4.69, 9.17) is 0 Å². The highest BCUT2D eigenvalue weighted by atomic mass is 32.1. The van der Waals surface area contributed by atoms with Crippen molar-refractivity contribution >= 4 is 32.7 Å². The minimum atomic E-state index is -0.339. The molecule has 0 saturated carbocycles. The van der Waals surface area contributed by atoms with Gasteiger partial charge in [0.1, 0.15) is 0 Å². The monoisotopic (exact) mass is 251 g/mol. The van der Waals surface area contributed by atoms with Crippen LogP contribution in [0.15, 0.2) is 24.3 Å². The molecule has 0 aliphatic carbocycles. The number of hydrogen-bond donors (Lipinski definition) is 3. The molecule has 0 aliphatic heterocycles. The van der Waals surface area contributed by atoms with Crippen LogP contribution < -0.4 is 16.3 Å². The Balaban J connectivity index is 1.97. The second kappa shape index (κ2) is 4.98. The van der Waals surface area contributed by atoms with Gasteiger partial charge in [-0.25, -0.2) is 20.2 Å². The lowest BCUT2D eigenvalue weighted by Crippen LogP contribution is -2.45. The van der Waals surface area contributed by atoms with Crippen molar-refractivity contribution in [2.75, 3.05) is 19.5 Å². The Morgan fingerprint density at radius 1 is 1.35 bits per heavy atom. The number of anilines is 1. The maximum Gasteiger partial charge on any atom is 0.347 e. The molecule has 90 valence electrons. The Morgan fingerprint density at radius 3 is 2.82 bits per heavy atom. The standard InChI is InChI=1S/C10H13N5OS/c1-15(2)14-9(16)12-13-10-11-7-5-3-4-6-8(7)17-10/h3-6H,1-2H3,(H,11,13)(H2,12,14,16). The number of carbonyl (C=O) groups excluding carboxylic acids is 1. The molecule has 2 amide bonds. The average molecular weight is 251 g/mol. The molecule has 6 nitrogen and oxygen atoms in total. The van der Waals surface area contributed by atoms with Gasteiger partial charge < -0.3 is 0 Å². The molecular weight excluding hydrogens is 238 g/mol. The third-order valence-electron chi connectivity index (χ3n) is 1.90. The molecule has 0 aliphatic rings. The van der Waals surface area contributed by atoms with Crippen LogP contribution >= 0.6 is 11.3 Å². The summed E-state index contributed by atoms with van der Waals surface area (Å²) in [5.41, 5.74) is 8.71. The molecule has 3 N–H and O–H groups in total. The molecule has 17 heavy (non-hydrogen) atoms. The molecule has 2 aromatic rings. The van der Waals surface area contributed by atoms with E-state index in [1.807, 2.05) is 24.3 Å². The largest absolute Gasteiger partial charge is 0.347 e. The Bertz CT molecular complexity index is 491. The summed E-state index contributed by atoms with van der Waals surface area (Å²) in [5.74, 6) is 0. The third-order valence-corrected chi connectivity index (χ3v) is 2.85. The van der Waals surface area contributed by atoms with Gasteiger partial charge >= 0.3 is 6.03 Å².